The number of hydrogen-bond donors (Lipinski definition) is 0. The Morgan fingerprint density at radius 2 is 0.905 bits per heavy atom. The van der Waals surface area contributed by atoms with Crippen LogP contribution in [0.15, 0.2) is 30.3 Å². The predicted molar refractivity (Wildman–Crippen MR) is 156 cm³/mol. The van der Waals surface area contributed by atoms with Crippen molar-refractivity contribution < 1.29 is 52.3 Å². The molecule has 0 saturated heterocycles. The molecule has 0 radical (unpaired) electrons. The smallest absolute Gasteiger partial charge is 0.379 e. The van der Waals surface area contributed by atoms with Gasteiger partial charge < -0.3 is 37.9 Å². The van der Waals surface area contributed by atoms with Crippen molar-refractivity contribution in [1.29, 1.82) is 0 Å². The monoisotopic (exact) mass is 598 g/mol. The molecule has 0 amide bonds. The number of hydrogen-bond acceptors (Lipinski definition) is 11. The van der Waals surface area contributed by atoms with Crippen molar-refractivity contribution >= 4 is 17.7 Å². The lowest BCUT2D eigenvalue weighted by molar-refractivity contribution is -0.145. The molecule has 42 heavy (non-hydrogen) atoms. The van der Waals surface area contributed by atoms with Crippen molar-refractivity contribution in [3.8, 4) is 0 Å². The summed E-state index contributed by atoms with van der Waals surface area (Å²) >= 11 is 0. The van der Waals surface area contributed by atoms with Gasteiger partial charge in [0.25, 0.3) is 5.78 Å². The molecule has 0 aromatic heterocycles. The van der Waals surface area contributed by atoms with Crippen LogP contribution in [0.2, 0.25) is 0 Å². The van der Waals surface area contributed by atoms with E-state index in [-0.39, 0.29) is 25.8 Å². The number of ketones is 1. The van der Waals surface area contributed by atoms with Gasteiger partial charge in [-0.05, 0) is 6.42 Å². The van der Waals surface area contributed by atoms with Gasteiger partial charge >= 0.3 is 11.9 Å². The van der Waals surface area contributed by atoms with Gasteiger partial charge in [0.1, 0.15) is 13.2 Å². The zero-order chi connectivity index (χ0) is 30.4. The zero-order valence-electron chi connectivity index (χ0n) is 25.2. The van der Waals surface area contributed by atoms with E-state index >= 15 is 0 Å². The van der Waals surface area contributed by atoms with Crippen molar-refractivity contribution in [3.63, 3.8) is 0 Å². The fourth-order valence-corrected chi connectivity index (χ4v) is 3.50. The molecule has 0 heterocycles. The number of Topliss-reactive ketones (excluding diaryl/α,β-unsaturated/α-hetero) is 1. The highest BCUT2D eigenvalue weighted by atomic mass is 16.6. The number of carbonyl (C=O) groups excluding carboxylic acids is 3. The lowest BCUT2D eigenvalue weighted by Crippen LogP contribution is -2.20. The minimum absolute atomic E-state index is 0.00260. The van der Waals surface area contributed by atoms with Crippen molar-refractivity contribution in [2.24, 2.45) is 0 Å². The molecule has 0 spiro atoms. The molecular formula is C31H50O11. The van der Waals surface area contributed by atoms with Crippen LogP contribution in [0.3, 0.4) is 0 Å². The van der Waals surface area contributed by atoms with Crippen molar-refractivity contribution in [2.75, 3.05) is 92.5 Å². The standard InChI is InChI=1S/C31H50O11/c1-2-3-4-5-6-10-13-29(32)41-26-24-39-22-20-37-18-16-35-14-15-36-17-19-38-21-23-40-25-27-42-31(34)30(33)28-11-8-7-9-12-28/h7-9,11-12H,2-6,10,13-27H2,1H3. The molecule has 0 fully saturated rings. The maximum absolute atomic E-state index is 11.9. The molecule has 0 saturated carbocycles. The fraction of sp³-hybridized carbons (Fsp3) is 0.710. The van der Waals surface area contributed by atoms with Gasteiger partial charge in [-0.15, -0.1) is 0 Å². The van der Waals surface area contributed by atoms with Gasteiger partial charge in [-0.1, -0.05) is 69.4 Å². The first-order valence-electron chi connectivity index (χ1n) is 15.0. The molecule has 0 aliphatic carbocycles. The molecule has 0 N–H and O–H groups in total. The summed E-state index contributed by atoms with van der Waals surface area (Å²) in [6.07, 6.45) is 7.37. The van der Waals surface area contributed by atoms with Gasteiger partial charge in [0.05, 0.1) is 79.3 Å². The molecule has 0 atom stereocenters. The Hall–Kier alpha value is -2.41. The van der Waals surface area contributed by atoms with Gasteiger partial charge in [0, 0.05) is 12.0 Å². The Balaban J connectivity index is 1.72. The van der Waals surface area contributed by atoms with Crippen LogP contribution in [0, 0.1) is 0 Å². The molecule has 11 heteroatoms. The van der Waals surface area contributed by atoms with E-state index in [4.69, 9.17) is 37.9 Å². The second-order valence-electron chi connectivity index (χ2n) is 9.24. The van der Waals surface area contributed by atoms with E-state index < -0.39 is 11.8 Å². The highest BCUT2D eigenvalue weighted by molar-refractivity contribution is 6.40. The average Bonchev–Trinajstić information content (AvgIpc) is 3.01. The molecule has 0 bridgehead atoms. The summed E-state index contributed by atoms with van der Waals surface area (Å²) in [5.41, 5.74) is 0.295. The fourth-order valence-electron chi connectivity index (χ4n) is 3.50. The predicted octanol–water partition coefficient (Wildman–Crippen LogP) is 3.81. The molecule has 0 aliphatic heterocycles. The van der Waals surface area contributed by atoms with E-state index in [0.717, 1.165) is 12.8 Å². The van der Waals surface area contributed by atoms with Crippen LogP contribution in [0.4, 0.5) is 0 Å². The number of esters is 2. The summed E-state index contributed by atoms with van der Waals surface area (Å²) in [4.78, 5) is 35.2. The first kappa shape index (κ1) is 37.6. The van der Waals surface area contributed by atoms with E-state index in [1.54, 1.807) is 30.3 Å². The molecular weight excluding hydrogens is 548 g/mol. The van der Waals surface area contributed by atoms with Gasteiger partial charge in [-0.25, -0.2) is 4.79 Å². The molecule has 11 nitrogen and oxygen atoms in total. The summed E-state index contributed by atoms with van der Waals surface area (Å²) in [5, 5.41) is 0. The number of ether oxygens (including phenoxy) is 8. The lowest BCUT2D eigenvalue weighted by atomic mass is 10.1. The summed E-state index contributed by atoms with van der Waals surface area (Å²) < 4.78 is 42.5. The molecule has 0 unspecified atom stereocenters. The minimum atomic E-state index is -0.897. The zero-order valence-corrected chi connectivity index (χ0v) is 25.2. The topological polar surface area (TPSA) is 125 Å². The molecule has 1 aromatic carbocycles. The molecule has 240 valence electrons. The summed E-state index contributed by atoms with van der Waals surface area (Å²) in [7, 11) is 0. The molecule has 0 aliphatic rings. The number of carbonyl (C=O) groups is 3. The van der Waals surface area contributed by atoms with Crippen molar-refractivity contribution in [1.82, 2.24) is 0 Å². The molecule has 1 rings (SSSR count). The van der Waals surface area contributed by atoms with Gasteiger partial charge in [0.15, 0.2) is 0 Å². The lowest BCUT2D eigenvalue weighted by Gasteiger charge is -2.09. The SMILES string of the molecule is CCCCCCCCC(=O)OCCOCCOCCOCCOCCOCCOCCOC(=O)C(=O)c1ccccc1. The second-order valence-corrected chi connectivity index (χ2v) is 9.24. The Labute approximate surface area is 250 Å². The molecule has 1 aromatic rings. The van der Waals surface area contributed by atoms with Crippen LogP contribution in [-0.4, -0.2) is 110 Å². The van der Waals surface area contributed by atoms with Crippen LogP contribution in [-0.2, 0) is 47.5 Å². The Bertz CT molecular complexity index is 788. The van der Waals surface area contributed by atoms with Crippen LogP contribution in [0.5, 0.6) is 0 Å². The van der Waals surface area contributed by atoms with Crippen LogP contribution in [0.1, 0.15) is 62.2 Å². The summed E-state index contributed by atoms with van der Waals surface area (Å²) in [5.74, 6) is -1.73. The Kier molecular flexibility index (Phi) is 25.7. The van der Waals surface area contributed by atoms with E-state index in [1.165, 1.54) is 25.7 Å². The largest absolute Gasteiger partial charge is 0.463 e. The summed E-state index contributed by atoms with van der Waals surface area (Å²) in [6.45, 7) is 7.30. The first-order chi connectivity index (χ1) is 20.6. The Morgan fingerprint density at radius 1 is 0.500 bits per heavy atom. The van der Waals surface area contributed by atoms with Gasteiger partial charge in [-0.2, -0.15) is 0 Å². The second kappa shape index (κ2) is 28.7. The first-order valence-corrected chi connectivity index (χ1v) is 15.0. The quantitative estimate of drug-likeness (QED) is 0.0556. The van der Waals surface area contributed by atoms with E-state index in [9.17, 15) is 14.4 Å². The number of benzene rings is 1. The third kappa shape index (κ3) is 23.2. The minimum Gasteiger partial charge on any atom is -0.463 e. The normalized spacial score (nSPS) is 11.0. The summed E-state index contributed by atoms with van der Waals surface area (Å²) in [6, 6.07) is 8.25. The van der Waals surface area contributed by atoms with E-state index in [1.807, 2.05) is 0 Å². The Morgan fingerprint density at radius 3 is 1.38 bits per heavy atom. The number of unbranched alkanes of at least 4 members (excludes halogenated alkanes) is 5. The van der Waals surface area contributed by atoms with Crippen LogP contribution >= 0.6 is 0 Å². The third-order valence-electron chi connectivity index (χ3n) is 5.77. The van der Waals surface area contributed by atoms with Gasteiger partial charge in [0.2, 0.25) is 0 Å². The highest BCUT2D eigenvalue weighted by Gasteiger charge is 2.17. The highest BCUT2D eigenvalue weighted by Crippen LogP contribution is 2.07. The van der Waals surface area contributed by atoms with Crippen LogP contribution in [0.25, 0.3) is 0 Å². The van der Waals surface area contributed by atoms with Gasteiger partial charge in [-0.3, -0.25) is 9.59 Å². The van der Waals surface area contributed by atoms with Crippen molar-refractivity contribution in [2.45, 2.75) is 51.9 Å². The maximum atomic E-state index is 11.9. The van der Waals surface area contributed by atoms with Crippen LogP contribution < -0.4 is 0 Å². The van der Waals surface area contributed by atoms with E-state index in [0.29, 0.717) is 84.7 Å². The number of rotatable bonds is 30. The average molecular weight is 599 g/mol. The maximum Gasteiger partial charge on any atom is 0.379 e. The van der Waals surface area contributed by atoms with Crippen molar-refractivity contribution in [3.05, 3.63) is 35.9 Å². The third-order valence-corrected chi connectivity index (χ3v) is 5.77. The van der Waals surface area contributed by atoms with E-state index in [2.05, 4.69) is 6.92 Å².